The van der Waals surface area contributed by atoms with Gasteiger partial charge in [-0.2, -0.15) is 4.68 Å². The highest BCUT2D eigenvalue weighted by atomic mass is 32.1. The zero-order valence-electron chi connectivity index (χ0n) is 22.7. The Morgan fingerprint density at radius 2 is 1.74 bits per heavy atom. The maximum absolute atomic E-state index is 14.1. The topological polar surface area (TPSA) is 107 Å². The van der Waals surface area contributed by atoms with Gasteiger partial charge in [-0.15, -0.1) is 0 Å². The van der Waals surface area contributed by atoms with Gasteiger partial charge in [0.05, 0.1) is 21.1 Å². The molecule has 0 unspecified atom stereocenters. The van der Waals surface area contributed by atoms with Gasteiger partial charge in [0, 0.05) is 41.1 Å². The van der Waals surface area contributed by atoms with E-state index in [4.69, 9.17) is 4.98 Å². The summed E-state index contributed by atoms with van der Waals surface area (Å²) in [6.07, 6.45) is 2.58. The number of aromatic nitrogens is 5. The van der Waals surface area contributed by atoms with Gasteiger partial charge in [-0.1, -0.05) is 59.9 Å². The van der Waals surface area contributed by atoms with Gasteiger partial charge in [-0.05, 0) is 49.2 Å². The number of rotatable bonds is 7. The molecule has 1 amide bonds. The second-order valence-corrected chi connectivity index (χ2v) is 11.2. The number of pyridine rings is 1. The minimum Gasteiger partial charge on any atom is -0.361 e. The number of nitrogens with one attached hydrogen (secondary N) is 2. The van der Waals surface area contributed by atoms with Crippen molar-refractivity contribution in [2.45, 2.75) is 26.4 Å². The highest BCUT2D eigenvalue weighted by Crippen LogP contribution is 2.26. The smallest absolute Gasteiger partial charge is 0.283 e. The number of para-hydroxylation sites is 3. The fourth-order valence-electron chi connectivity index (χ4n) is 5.55. The number of H-pyrrole nitrogens is 1. The van der Waals surface area contributed by atoms with Crippen molar-refractivity contribution in [3.63, 3.8) is 0 Å². The number of hydrogen-bond donors (Lipinski definition) is 2. The fourth-order valence-corrected chi connectivity index (χ4v) is 6.52. The first kappa shape index (κ1) is 25.7. The lowest BCUT2D eigenvalue weighted by Gasteiger charge is -2.13. The molecule has 0 radical (unpaired) electrons. The highest BCUT2D eigenvalue weighted by molar-refractivity contribution is 7.20. The summed E-state index contributed by atoms with van der Waals surface area (Å²) in [4.78, 5) is 48.8. The van der Waals surface area contributed by atoms with Gasteiger partial charge in [0.15, 0.2) is 0 Å². The third-order valence-corrected chi connectivity index (χ3v) is 8.58. The van der Waals surface area contributed by atoms with Gasteiger partial charge in [0.25, 0.3) is 11.1 Å². The summed E-state index contributed by atoms with van der Waals surface area (Å²) in [5.74, 6) is -0.325. The molecule has 3 aromatic carbocycles. The lowest BCUT2D eigenvalue weighted by molar-refractivity contribution is -0.116. The molecule has 0 atom stereocenters. The molecular formula is C32H26N6O3S. The number of hydrogen-bond acceptors (Lipinski definition) is 5. The van der Waals surface area contributed by atoms with Crippen molar-refractivity contribution in [2.24, 2.45) is 0 Å². The first-order valence-electron chi connectivity index (χ1n) is 13.6. The summed E-state index contributed by atoms with van der Waals surface area (Å²) < 4.78 is 5.55. The summed E-state index contributed by atoms with van der Waals surface area (Å²) >= 11 is 1.36. The third-order valence-electron chi connectivity index (χ3n) is 7.57. The van der Waals surface area contributed by atoms with Gasteiger partial charge in [0.1, 0.15) is 6.54 Å². The first-order chi connectivity index (χ1) is 20.5. The number of aryl methyl sites for hydroxylation is 2. The van der Waals surface area contributed by atoms with Crippen LogP contribution < -0.4 is 16.4 Å². The summed E-state index contributed by atoms with van der Waals surface area (Å²) in [5, 5.41) is 4.81. The van der Waals surface area contributed by atoms with Crippen LogP contribution in [0.15, 0.2) is 101 Å². The maximum Gasteiger partial charge on any atom is 0.283 e. The molecule has 0 aliphatic carbocycles. The Balaban J connectivity index is 1.34. The quantitative estimate of drug-likeness (QED) is 0.272. The molecular weight excluding hydrogens is 548 g/mol. The molecule has 0 saturated heterocycles. The number of carbonyl (C=O) groups is 1. The van der Waals surface area contributed by atoms with E-state index in [0.717, 1.165) is 26.7 Å². The number of benzene rings is 3. The molecule has 7 aromatic rings. The van der Waals surface area contributed by atoms with E-state index in [9.17, 15) is 14.4 Å². The molecule has 0 aliphatic heterocycles. The second-order valence-electron chi connectivity index (χ2n) is 10.1. The molecule has 4 aromatic heterocycles. The molecule has 0 spiro atoms. The third kappa shape index (κ3) is 4.42. The molecule has 0 saturated carbocycles. The second kappa shape index (κ2) is 10.3. The molecule has 208 valence electrons. The summed E-state index contributed by atoms with van der Waals surface area (Å²) in [6, 6.07) is 26.3. The Bertz CT molecular complexity index is 2200. The van der Waals surface area contributed by atoms with E-state index in [0.29, 0.717) is 40.4 Å². The normalized spacial score (nSPS) is 11.5. The number of nitrogens with zero attached hydrogens (tertiary/aromatic N) is 4. The lowest BCUT2D eigenvalue weighted by Crippen LogP contribution is -2.27. The highest BCUT2D eigenvalue weighted by Gasteiger charge is 2.23. The monoisotopic (exact) mass is 574 g/mol. The van der Waals surface area contributed by atoms with Crippen molar-refractivity contribution >= 4 is 55.0 Å². The van der Waals surface area contributed by atoms with Gasteiger partial charge < -0.3 is 14.9 Å². The molecule has 0 aliphatic rings. The molecule has 0 bridgehead atoms. The zero-order valence-corrected chi connectivity index (χ0v) is 23.5. The SMILES string of the molecule is Cc1c2c(=O)n(-c3nc4ccccc4s3)n(CC(=O)Nc3ccccc3)c2cc(=O)n1CCc1c[nH]c2ccccc12. The van der Waals surface area contributed by atoms with Crippen molar-refractivity contribution in [2.75, 3.05) is 5.32 Å². The van der Waals surface area contributed by atoms with Crippen molar-refractivity contribution in [1.82, 2.24) is 23.9 Å². The number of amides is 1. The van der Waals surface area contributed by atoms with E-state index in [1.165, 1.54) is 22.1 Å². The van der Waals surface area contributed by atoms with Gasteiger partial charge >= 0.3 is 0 Å². The zero-order chi connectivity index (χ0) is 28.8. The van der Waals surface area contributed by atoms with Crippen LogP contribution in [0.2, 0.25) is 0 Å². The first-order valence-corrected chi connectivity index (χ1v) is 14.4. The van der Waals surface area contributed by atoms with E-state index >= 15 is 0 Å². The average molecular weight is 575 g/mol. The molecule has 4 heterocycles. The Kier molecular flexibility index (Phi) is 6.32. The Morgan fingerprint density at radius 3 is 2.57 bits per heavy atom. The van der Waals surface area contributed by atoms with Gasteiger partial charge in [0.2, 0.25) is 11.0 Å². The van der Waals surface area contributed by atoms with E-state index in [-0.39, 0.29) is 23.6 Å². The van der Waals surface area contributed by atoms with Crippen LogP contribution in [0.4, 0.5) is 5.69 Å². The average Bonchev–Trinajstić information content (AvgIpc) is 3.67. The van der Waals surface area contributed by atoms with Crippen LogP contribution in [0.3, 0.4) is 0 Å². The number of thiazole rings is 1. The van der Waals surface area contributed by atoms with Gasteiger partial charge in [-0.3, -0.25) is 19.1 Å². The fraction of sp³-hybridized carbons (Fsp3) is 0.125. The van der Waals surface area contributed by atoms with Crippen LogP contribution in [0, 0.1) is 6.92 Å². The van der Waals surface area contributed by atoms with Crippen molar-refractivity contribution in [3.05, 3.63) is 123 Å². The minimum absolute atomic E-state index is 0.179. The number of fused-ring (bicyclic) bond motifs is 3. The van der Waals surface area contributed by atoms with Crippen molar-refractivity contribution in [3.8, 4) is 5.13 Å². The minimum atomic E-state index is -0.325. The molecule has 42 heavy (non-hydrogen) atoms. The molecule has 0 fully saturated rings. The van der Waals surface area contributed by atoms with Crippen LogP contribution >= 0.6 is 11.3 Å². The summed E-state index contributed by atoms with van der Waals surface area (Å²) in [7, 11) is 0. The Labute approximate surface area is 243 Å². The maximum atomic E-state index is 14.1. The number of carbonyl (C=O) groups excluding carboxylic acids is 1. The molecule has 10 heteroatoms. The van der Waals surface area contributed by atoms with Crippen LogP contribution in [-0.4, -0.2) is 29.8 Å². The number of anilines is 1. The molecule has 7 rings (SSSR count). The van der Waals surface area contributed by atoms with Gasteiger partial charge in [-0.25, -0.2) is 4.98 Å². The Hall–Kier alpha value is -5.22. The summed E-state index contributed by atoms with van der Waals surface area (Å²) in [5.41, 5.74) is 3.92. The van der Waals surface area contributed by atoms with E-state index in [1.807, 2.05) is 66.9 Å². The van der Waals surface area contributed by atoms with Crippen LogP contribution in [-0.2, 0) is 24.3 Å². The standard InChI is InChI=1S/C32H26N6O3S/c1-20-30-26(17-29(40)36(20)16-15-21-18-33-24-12-6-5-11-23(21)24)37(19-28(39)34-22-9-3-2-4-10-22)38(31(30)41)32-35-25-13-7-8-14-27(25)42-32/h2-14,17-18,33H,15-16,19H2,1H3,(H,34,39). The van der Waals surface area contributed by atoms with Crippen LogP contribution in [0.25, 0.3) is 37.2 Å². The predicted molar refractivity (Wildman–Crippen MR) is 167 cm³/mol. The van der Waals surface area contributed by atoms with Crippen LogP contribution in [0.5, 0.6) is 0 Å². The lowest BCUT2D eigenvalue weighted by atomic mass is 10.1. The van der Waals surface area contributed by atoms with Crippen LogP contribution in [0.1, 0.15) is 11.3 Å². The molecule has 9 nitrogen and oxygen atoms in total. The summed E-state index contributed by atoms with van der Waals surface area (Å²) in [6.45, 7) is 2.02. The van der Waals surface area contributed by atoms with E-state index < -0.39 is 0 Å². The van der Waals surface area contributed by atoms with Crippen molar-refractivity contribution in [1.29, 1.82) is 0 Å². The van der Waals surface area contributed by atoms with E-state index in [1.54, 1.807) is 28.3 Å². The molecule has 2 N–H and O–H groups in total. The Morgan fingerprint density at radius 1 is 0.976 bits per heavy atom. The largest absolute Gasteiger partial charge is 0.361 e. The van der Waals surface area contributed by atoms with Crippen molar-refractivity contribution < 1.29 is 4.79 Å². The van der Waals surface area contributed by atoms with E-state index in [2.05, 4.69) is 16.4 Å². The predicted octanol–water partition coefficient (Wildman–Crippen LogP) is 5.23. The number of aromatic amines is 1.